The summed E-state index contributed by atoms with van der Waals surface area (Å²) >= 11 is 0. The van der Waals surface area contributed by atoms with E-state index in [2.05, 4.69) is 15.6 Å². The van der Waals surface area contributed by atoms with Crippen LogP contribution in [0, 0.1) is 0 Å². The summed E-state index contributed by atoms with van der Waals surface area (Å²) in [6, 6.07) is 4.42. The van der Waals surface area contributed by atoms with E-state index in [4.69, 9.17) is 4.74 Å². The van der Waals surface area contributed by atoms with Crippen molar-refractivity contribution in [1.82, 2.24) is 10.3 Å². The molecule has 0 bridgehead atoms. The number of ether oxygens (including phenoxy) is 1. The smallest absolute Gasteiger partial charge is 0.237 e. The van der Waals surface area contributed by atoms with Crippen molar-refractivity contribution in [2.75, 3.05) is 18.4 Å². The molecule has 0 radical (unpaired) electrons. The molecule has 0 aromatic carbocycles. The first kappa shape index (κ1) is 10.2. The maximum atomic E-state index is 5.62. The monoisotopic (exact) mass is 207 g/mol. The summed E-state index contributed by atoms with van der Waals surface area (Å²) in [7, 11) is 0. The number of hydrogen-bond donors (Lipinski definition) is 2. The number of nitrogens with zero attached hydrogens (tertiary/aromatic N) is 1. The molecule has 15 heavy (non-hydrogen) atoms. The molecule has 1 aliphatic rings. The lowest BCUT2D eigenvalue weighted by atomic mass is 10.2. The van der Waals surface area contributed by atoms with Gasteiger partial charge in [0.15, 0.2) is 0 Å². The van der Waals surface area contributed by atoms with Crippen molar-refractivity contribution in [3.63, 3.8) is 0 Å². The standard InChI is InChI=1S/C11H17N3O/c1-8(2)15-11-10(4-3-5-13-11)14-9-6-12-7-9/h3-5,8-9,12,14H,6-7H2,1-2H3. The first-order valence-electron chi connectivity index (χ1n) is 5.34. The maximum absolute atomic E-state index is 5.62. The summed E-state index contributed by atoms with van der Waals surface area (Å²) in [5, 5.41) is 6.62. The second kappa shape index (κ2) is 4.49. The van der Waals surface area contributed by atoms with Gasteiger partial charge in [0.25, 0.3) is 0 Å². The number of nitrogens with one attached hydrogen (secondary N) is 2. The van der Waals surface area contributed by atoms with Gasteiger partial charge in [-0.05, 0) is 26.0 Å². The third-order valence-electron chi connectivity index (χ3n) is 2.26. The van der Waals surface area contributed by atoms with E-state index < -0.39 is 0 Å². The quantitative estimate of drug-likeness (QED) is 0.780. The van der Waals surface area contributed by atoms with E-state index in [1.165, 1.54) is 0 Å². The van der Waals surface area contributed by atoms with E-state index in [0.29, 0.717) is 11.9 Å². The molecule has 1 aliphatic heterocycles. The van der Waals surface area contributed by atoms with Crippen LogP contribution in [0.4, 0.5) is 5.69 Å². The Morgan fingerprint density at radius 1 is 1.53 bits per heavy atom. The molecule has 0 atom stereocenters. The van der Waals surface area contributed by atoms with Crippen LogP contribution in [0.5, 0.6) is 5.88 Å². The first-order valence-corrected chi connectivity index (χ1v) is 5.34. The molecule has 1 fully saturated rings. The van der Waals surface area contributed by atoms with Gasteiger partial charge >= 0.3 is 0 Å². The first-order chi connectivity index (χ1) is 7.25. The molecule has 1 aromatic rings. The van der Waals surface area contributed by atoms with Gasteiger partial charge in [-0.3, -0.25) is 0 Å². The van der Waals surface area contributed by atoms with Gasteiger partial charge in [-0.2, -0.15) is 0 Å². The average molecular weight is 207 g/mol. The minimum Gasteiger partial charge on any atom is -0.473 e. The minimum absolute atomic E-state index is 0.153. The van der Waals surface area contributed by atoms with Crippen LogP contribution in [0.2, 0.25) is 0 Å². The van der Waals surface area contributed by atoms with Gasteiger partial charge in [0.05, 0.1) is 17.8 Å². The van der Waals surface area contributed by atoms with Crippen molar-refractivity contribution in [2.24, 2.45) is 0 Å². The molecule has 82 valence electrons. The van der Waals surface area contributed by atoms with Crippen LogP contribution in [-0.2, 0) is 0 Å². The summed E-state index contributed by atoms with van der Waals surface area (Å²) in [4.78, 5) is 4.23. The van der Waals surface area contributed by atoms with E-state index in [1.807, 2.05) is 26.0 Å². The molecule has 0 amide bonds. The van der Waals surface area contributed by atoms with Gasteiger partial charge in [-0.15, -0.1) is 0 Å². The van der Waals surface area contributed by atoms with E-state index in [-0.39, 0.29) is 6.10 Å². The van der Waals surface area contributed by atoms with Crippen LogP contribution < -0.4 is 15.4 Å². The van der Waals surface area contributed by atoms with Gasteiger partial charge in [0, 0.05) is 19.3 Å². The highest BCUT2D eigenvalue weighted by Crippen LogP contribution is 2.22. The highest BCUT2D eigenvalue weighted by atomic mass is 16.5. The lowest BCUT2D eigenvalue weighted by Crippen LogP contribution is -2.51. The van der Waals surface area contributed by atoms with Crippen molar-refractivity contribution in [1.29, 1.82) is 0 Å². The largest absolute Gasteiger partial charge is 0.473 e. The van der Waals surface area contributed by atoms with Crippen LogP contribution in [0.15, 0.2) is 18.3 Å². The van der Waals surface area contributed by atoms with Crippen LogP contribution in [0.25, 0.3) is 0 Å². The maximum Gasteiger partial charge on any atom is 0.237 e. The fourth-order valence-corrected chi connectivity index (χ4v) is 1.43. The molecule has 1 aromatic heterocycles. The SMILES string of the molecule is CC(C)Oc1ncccc1NC1CNC1. The highest BCUT2D eigenvalue weighted by Gasteiger charge is 2.18. The molecule has 0 aliphatic carbocycles. The zero-order valence-corrected chi connectivity index (χ0v) is 9.16. The predicted octanol–water partition coefficient (Wildman–Crippen LogP) is 1.25. The Kier molecular flexibility index (Phi) is 3.06. The van der Waals surface area contributed by atoms with Gasteiger partial charge in [0.2, 0.25) is 5.88 Å². The van der Waals surface area contributed by atoms with Gasteiger partial charge in [-0.25, -0.2) is 4.98 Å². The summed E-state index contributed by atoms with van der Waals surface area (Å²) in [6.07, 6.45) is 1.90. The molecule has 4 nitrogen and oxygen atoms in total. The number of pyridine rings is 1. The minimum atomic E-state index is 0.153. The lowest BCUT2D eigenvalue weighted by molar-refractivity contribution is 0.233. The number of hydrogen-bond acceptors (Lipinski definition) is 4. The lowest BCUT2D eigenvalue weighted by Gasteiger charge is -2.29. The third-order valence-corrected chi connectivity index (χ3v) is 2.26. The Labute approximate surface area is 90.0 Å². The fraction of sp³-hybridized carbons (Fsp3) is 0.545. The molecule has 0 saturated carbocycles. The summed E-state index contributed by atoms with van der Waals surface area (Å²) < 4.78 is 5.62. The van der Waals surface area contributed by atoms with Crippen molar-refractivity contribution in [3.05, 3.63) is 18.3 Å². The molecule has 2 rings (SSSR count). The highest BCUT2D eigenvalue weighted by molar-refractivity contribution is 5.53. The van der Waals surface area contributed by atoms with Crippen LogP contribution >= 0.6 is 0 Å². The predicted molar refractivity (Wildman–Crippen MR) is 60.3 cm³/mol. The Morgan fingerprint density at radius 2 is 2.33 bits per heavy atom. The molecular formula is C11H17N3O. The van der Waals surface area contributed by atoms with E-state index in [1.54, 1.807) is 6.20 Å². The Bertz CT molecular complexity index is 323. The van der Waals surface area contributed by atoms with E-state index in [9.17, 15) is 0 Å². The van der Waals surface area contributed by atoms with E-state index >= 15 is 0 Å². The number of rotatable bonds is 4. The molecule has 2 N–H and O–H groups in total. The summed E-state index contributed by atoms with van der Waals surface area (Å²) in [5.41, 5.74) is 0.984. The summed E-state index contributed by atoms with van der Waals surface area (Å²) in [5.74, 6) is 0.694. The average Bonchev–Trinajstić information content (AvgIpc) is 2.13. The Hall–Kier alpha value is -1.29. The van der Waals surface area contributed by atoms with Crippen molar-refractivity contribution >= 4 is 5.69 Å². The second-order valence-electron chi connectivity index (χ2n) is 4.02. The van der Waals surface area contributed by atoms with Crippen LogP contribution in [0.1, 0.15) is 13.8 Å². The van der Waals surface area contributed by atoms with Crippen LogP contribution in [-0.4, -0.2) is 30.2 Å². The van der Waals surface area contributed by atoms with Crippen molar-refractivity contribution < 1.29 is 4.74 Å². The molecule has 2 heterocycles. The zero-order chi connectivity index (χ0) is 10.7. The molecule has 4 heteroatoms. The number of anilines is 1. The molecule has 0 unspecified atom stereocenters. The van der Waals surface area contributed by atoms with Gasteiger partial charge in [0.1, 0.15) is 0 Å². The fourth-order valence-electron chi connectivity index (χ4n) is 1.43. The normalized spacial score (nSPS) is 16.2. The summed E-state index contributed by atoms with van der Waals surface area (Å²) in [6.45, 7) is 6.03. The zero-order valence-electron chi connectivity index (χ0n) is 9.16. The van der Waals surface area contributed by atoms with Crippen molar-refractivity contribution in [2.45, 2.75) is 26.0 Å². The molecular weight excluding hydrogens is 190 g/mol. The van der Waals surface area contributed by atoms with Gasteiger partial charge in [-0.1, -0.05) is 0 Å². The van der Waals surface area contributed by atoms with Crippen molar-refractivity contribution in [3.8, 4) is 5.88 Å². The number of aromatic nitrogens is 1. The molecule has 1 saturated heterocycles. The third kappa shape index (κ3) is 2.59. The second-order valence-corrected chi connectivity index (χ2v) is 4.02. The van der Waals surface area contributed by atoms with E-state index in [0.717, 1.165) is 18.8 Å². The molecule has 0 spiro atoms. The van der Waals surface area contributed by atoms with Crippen LogP contribution in [0.3, 0.4) is 0 Å². The van der Waals surface area contributed by atoms with Gasteiger partial charge < -0.3 is 15.4 Å². The Balaban J connectivity index is 2.06. The Morgan fingerprint density at radius 3 is 2.93 bits per heavy atom. The topological polar surface area (TPSA) is 46.2 Å².